The van der Waals surface area contributed by atoms with E-state index in [1.165, 1.54) is 6.20 Å². The van der Waals surface area contributed by atoms with E-state index in [0.29, 0.717) is 11.4 Å². The highest BCUT2D eigenvalue weighted by molar-refractivity contribution is 7.08. The van der Waals surface area contributed by atoms with E-state index in [1.54, 1.807) is 35.7 Å². The van der Waals surface area contributed by atoms with E-state index in [4.69, 9.17) is 5.73 Å². The Morgan fingerprint density at radius 1 is 1.28 bits per heavy atom. The molecule has 29 heavy (non-hydrogen) atoms. The van der Waals surface area contributed by atoms with Gasteiger partial charge < -0.3 is 11.1 Å². The second-order valence-corrected chi connectivity index (χ2v) is 7.61. The fourth-order valence-corrected chi connectivity index (χ4v) is 3.78. The Morgan fingerprint density at radius 3 is 2.83 bits per heavy atom. The lowest BCUT2D eigenvalue weighted by Crippen LogP contribution is -2.46. The number of aromatic nitrogens is 2. The highest BCUT2D eigenvalue weighted by Crippen LogP contribution is 2.32. The summed E-state index contributed by atoms with van der Waals surface area (Å²) in [5, 5.41) is 9.23. The standard InChI is InChI=1S/C20H18N6O2S/c1-20(8-17(27)25-19(21)26-20)13-3-2-4-14(7-13)24-18(28)16-10-22-15(9-23-16)12-5-6-29-11-12/h2-7,9-11H,8H2,1H3,(H,24,28)(H3,21,25,26,27). The maximum absolute atomic E-state index is 12.6. The van der Waals surface area contributed by atoms with Crippen LogP contribution in [-0.2, 0) is 10.3 Å². The molecule has 0 saturated heterocycles. The van der Waals surface area contributed by atoms with Crippen LogP contribution in [0, 0.1) is 0 Å². The van der Waals surface area contributed by atoms with Crippen molar-refractivity contribution < 1.29 is 9.59 Å². The number of aliphatic imine (C=N–C) groups is 1. The number of amides is 2. The van der Waals surface area contributed by atoms with Gasteiger partial charge in [-0.05, 0) is 36.1 Å². The molecule has 4 rings (SSSR count). The number of nitrogens with one attached hydrogen (secondary N) is 2. The van der Waals surface area contributed by atoms with Crippen LogP contribution in [0.2, 0.25) is 0 Å². The van der Waals surface area contributed by atoms with Gasteiger partial charge in [-0.2, -0.15) is 11.3 Å². The second kappa shape index (κ2) is 7.44. The van der Waals surface area contributed by atoms with Gasteiger partial charge in [0.05, 0.1) is 30.0 Å². The third kappa shape index (κ3) is 3.99. The molecular formula is C20H18N6O2S. The predicted octanol–water partition coefficient (Wildman–Crippen LogP) is 2.51. The zero-order valence-electron chi connectivity index (χ0n) is 15.5. The molecule has 3 aromatic rings. The van der Waals surface area contributed by atoms with Crippen molar-refractivity contribution in [2.24, 2.45) is 10.7 Å². The minimum atomic E-state index is -0.796. The van der Waals surface area contributed by atoms with Crippen molar-refractivity contribution in [3.8, 4) is 11.3 Å². The van der Waals surface area contributed by atoms with Crippen LogP contribution in [0.5, 0.6) is 0 Å². The second-order valence-electron chi connectivity index (χ2n) is 6.83. The lowest BCUT2D eigenvalue weighted by atomic mass is 9.87. The number of hydrogen-bond acceptors (Lipinski definition) is 7. The summed E-state index contributed by atoms with van der Waals surface area (Å²) < 4.78 is 0. The molecule has 0 radical (unpaired) electrons. The molecule has 2 amide bonds. The van der Waals surface area contributed by atoms with Gasteiger partial charge in [0.1, 0.15) is 5.69 Å². The van der Waals surface area contributed by atoms with Crippen molar-refractivity contribution in [1.82, 2.24) is 15.3 Å². The number of carbonyl (C=O) groups is 2. The number of rotatable bonds is 4. The van der Waals surface area contributed by atoms with E-state index in [2.05, 4.69) is 25.6 Å². The van der Waals surface area contributed by atoms with Gasteiger partial charge >= 0.3 is 0 Å². The first-order valence-electron chi connectivity index (χ1n) is 8.85. The van der Waals surface area contributed by atoms with Gasteiger partial charge in [0.15, 0.2) is 5.96 Å². The molecule has 1 aliphatic heterocycles. The monoisotopic (exact) mass is 406 g/mol. The van der Waals surface area contributed by atoms with Crippen molar-refractivity contribution in [2.45, 2.75) is 18.9 Å². The molecule has 3 heterocycles. The van der Waals surface area contributed by atoms with Gasteiger partial charge in [0, 0.05) is 16.6 Å². The number of thiophene rings is 1. The quantitative estimate of drug-likeness (QED) is 0.614. The Balaban J connectivity index is 1.53. The van der Waals surface area contributed by atoms with Crippen molar-refractivity contribution in [1.29, 1.82) is 0 Å². The fourth-order valence-electron chi connectivity index (χ4n) is 3.13. The summed E-state index contributed by atoms with van der Waals surface area (Å²) in [6.07, 6.45) is 3.19. The Labute approximate surface area is 170 Å². The van der Waals surface area contributed by atoms with Crippen molar-refractivity contribution in [3.63, 3.8) is 0 Å². The molecule has 0 bridgehead atoms. The normalized spacial score (nSPS) is 18.7. The van der Waals surface area contributed by atoms with Crippen LogP contribution in [-0.4, -0.2) is 27.7 Å². The molecule has 8 nitrogen and oxygen atoms in total. The fraction of sp³-hybridized carbons (Fsp3) is 0.150. The van der Waals surface area contributed by atoms with Gasteiger partial charge in [-0.25, -0.2) is 9.98 Å². The summed E-state index contributed by atoms with van der Waals surface area (Å²) in [5.74, 6) is -0.490. The van der Waals surface area contributed by atoms with Crippen LogP contribution in [0.25, 0.3) is 11.3 Å². The molecule has 1 aliphatic rings. The minimum absolute atomic E-state index is 0.0826. The number of hydrogen-bond donors (Lipinski definition) is 3. The topological polar surface area (TPSA) is 122 Å². The summed E-state index contributed by atoms with van der Waals surface area (Å²) in [4.78, 5) is 37.3. The van der Waals surface area contributed by atoms with E-state index in [9.17, 15) is 9.59 Å². The van der Waals surface area contributed by atoms with Gasteiger partial charge in [0.25, 0.3) is 5.91 Å². The molecule has 0 fully saturated rings. The molecule has 4 N–H and O–H groups in total. The highest BCUT2D eigenvalue weighted by Gasteiger charge is 2.33. The smallest absolute Gasteiger partial charge is 0.275 e. The maximum atomic E-state index is 12.6. The molecule has 0 spiro atoms. The van der Waals surface area contributed by atoms with Gasteiger partial charge in [-0.15, -0.1) is 0 Å². The zero-order valence-corrected chi connectivity index (χ0v) is 16.4. The summed E-state index contributed by atoms with van der Waals surface area (Å²) in [5.41, 5.74) is 8.14. The van der Waals surface area contributed by atoms with Crippen LogP contribution in [0.4, 0.5) is 5.69 Å². The third-order valence-electron chi connectivity index (χ3n) is 4.58. The Kier molecular flexibility index (Phi) is 4.81. The van der Waals surface area contributed by atoms with E-state index < -0.39 is 5.54 Å². The zero-order chi connectivity index (χ0) is 20.4. The molecule has 0 saturated carbocycles. The molecule has 1 unspecified atom stereocenters. The molecule has 1 aromatic carbocycles. The largest absolute Gasteiger partial charge is 0.370 e. The number of benzene rings is 1. The van der Waals surface area contributed by atoms with Crippen LogP contribution in [0.1, 0.15) is 29.4 Å². The van der Waals surface area contributed by atoms with E-state index >= 15 is 0 Å². The average molecular weight is 406 g/mol. The molecule has 9 heteroatoms. The first-order valence-corrected chi connectivity index (χ1v) is 9.79. The molecule has 2 aromatic heterocycles. The molecular weight excluding hydrogens is 388 g/mol. The van der Waals surface area contributed by atoms with Crippen molar-refractivity contribution in [3.05, 3.63) is 64.7 Å². The van der Waals surface area contributed by atoms with Gasteiger partial charge in [0.2, 0.25) is 5.91 Å². The maximum Gasteiger partial charge on any atom is 0.275 e. The van der Waals surface area contributed by atoms with Gasteiger partial charge in [-0.1, -0.05) is 12.1 Å². The summed E-state index contributed by atoms with van der Waals surface area (Å²) >= 11 is 1.57. The summed E-state index contributed by atoms with van der Waals surface area (Å²) in [7, 11) is 0. The Hall–Kier alpha value is -3.59. The lowest BCUT2D eigenvalue weighted by Gasteiger charge is -2.29. The van der Waals surface area contributed by atoms with Gasteiger partial charge in [-0.3, -0.25) is 19.9 Å². The summed E-state index contributed by atoms with van der Waals surface area (Å²) in [6, 6.07) is 9.12. The first-order chi connectivity index (χ1) is 13.9. The minimum Gasteiger partial charge on any atom is -0.370 e. The predicted molar refractivity (Wildman–Crippen MR) is 111 cm³/mol. The Morgan fingerprint density at radius 2 is 2.14 bits per heavy atom. The van der Waals surface area contributed by atoms with Crippen LogP contribution < -0.4 is 16.4 Å². The van der Waals surface area contributed by atoms with Crippen LogP contribution in [0.15, 0.2) is 58.5 Å². The average Bonchev–Trinajstić information content (AvgIpc) is 3.22. The summed E-state index contributed by atoms with van der Waals surface area (Å²) in [6.45, 7) is 1.83. The number of carbonyl (C=O) groups excluding carboxylic acids is 2. The third-order valence-corrected chi connectivity index (χ3v) is 5.27. The van der Waals surface area contributed by atoms with E-state index in [1.807, 2.05) is 29.8 Å². The molecule has 0 aliphatic carbocycles. The van der Waals surface area contributed by atoms with Crippen molar-refractivity contribution in [2.75, 3.05) is 5.32 Å². The Bertz CT molecular complexity index is 1090. The number of nitrogens with zero attached hydrogens (tertiary/aromatic N) is 3. The number of anilines is 1. The first kappa shape index (κ1) is 18.8. The highest BCUT2D eigenvalue weighted by atomic mass is 32.1. The van der Waals surface area contributed by atoms with Crippen molar-refractivity contribution >= 4 is 34.8 Å². The van der Waals surface area contributed by atoms with Crippen LogP contribution >= 0.6 is 11.3 Å². The SMILES string of the molecule is CC1(c2cccc(NC(=O)c3cnc(-c4ccsc4)cn3)c2)CC(=O)NC(N)=N1. The lowest BCUT2D eigenvalue weighted by molar-refractivity contribution is -0.121. The number of guanidine groups is 1. The van der Waals surface area contributed by atoms with E-state index in [-0.39, 0.29) is 29.9 Å². The van der Waals surface area contributed by atoms with E-state index in [0.717, 1.165) is 11.1 Å². The molecule has 1 atom stereocenters. The van der Waals surface area contributed by atoms with Crippen LogP contribution in [0.3, 0.4) is 0 Å². The molecule has 146 valence electrons. The number of nitrogens with two attached hydrogens (primary N) is 1.